The smallest absolute Gasteiger partial charge is 0.334 e. The highest BCUT2D eigenvalue weighted by Gasteiger charge is 2.32. The number of halogens is 3. The van der Waals surface area contributed by atoms with E-state index >= 15 is 0 Å². The average Bonchev–Trinajstić information content (AvgIpc) is 2.47. The van der Waals surface area contributed by atoms with Crippen LogP contribution >= 0.6 is 0 Å². The molecule has 1 heterocycles. The lowest BCUT2D eigenvalue weighted by Gasteiger charge is -2.10. The Morgan fingerprint density at radius 3 is 2.50 bits per heavy atom. The Balaban J connectivity index is 1.92. The fourth-order valence-electron chi connectivity index (χ4n) is 1.73. The molecule has 0 saturated heterocycles. The largest absolute Gasteiger partial charge is 0.433 e. The number of carbonyl (C=O) groups excluding carboxylic acids is 1. The fraction of sp³-hybridized carbons (Fsp3) is 0.200. The van der Waals surface area contributed by atoms with Crippen molar-refractivity contribution in [2.24, 2.45) is 0 Å². The summed E-state index contributed by atoms with van der Waals surface area (Å²) in [6, 6.07) is 9.00. The van der Waals surface area contributed by atoms with Crippen LogP contribution in [0.5, 0.6) is 0 Å². The molecule has 116 valence electrons. The number of aromatic nitrogens is 1. The lowest BCUT2D eigenvalue weighted by Crippen LogP contribution is -2.28. The molecule has 2 aromatic rings. The molecule has 22 heavy (non-hydrogen) atoms. The number of carbonyl (C=O) groups is 1. The maximum absolute atomic E-state index is 12.5. The summed E-state index contributed by atoms with van der Waals surface area (Å²) in [7, 11) is 0. The maximum atomic E-state index is 12.5. The molecule has 0 unspecified atom stereocenters. The molecule has 2 N–H and O–H groups in total. The summed E-state index contributed by atoms with van der Waals surface area (Å²) in [5, 5.41) is 5.09. The van der Waals surface area contributed by atoms with Crippen molar-refractivity contribution in [2.75, 3.05) is 5.32 Å². The summed E-state index contributed by atoms with van der Waals surface area (Å²) in [4.78, 5) is 15.0. The number of alkyl halides is 3. The first-order valence-electron chi connectivity index (χ1n) is 6.48. The molecule has 0 saturated carbocycles. The number of anilines is 1. The van der Waals surface area contributed by atoms with Crippen LogP contribution in [0.15, 0.2) is 42.6 Å². The van der Waals surface area contributed by atoms with Gasteiger partial charge < -0.3 is 10.6 Å². The van der Waals surface area contributed by atoms with Gasteiger partial charge in [0, 0.05) is 18.4 Å². The van der Waals surface area contributed by atoms with E-state index in [0.717, 1.165) is 17.8 Å². The number of pyridine rings is 1. The third-order valence-corrected chi connectivity index (χ3v) is 2.88. The lowest BCUT2D eigenvalue weighted by molar-refractivity contribution is -0.141. The van der Waals surface area contributed by atoms with E-state index < -0.39 is 17.9 Å². The van der Waals surface area contributed by atoms with Gasteiger partial charge in [-0.2, -0.15) is 13.2 Å². The van der Waals surface area contributed by atoms with Crippen molar-refractivity contribution in [1.82, 2.24) is 10.3 Å². The van der Waals surface area contributed by atoms with Crippen LogP contribution in [-0.4, -0.2) is 11.0 Å². The topological polar surface area (TPSA) is 54.0 Å². The monoisotopic (exact) mass is 309 g/mol. The van der Waals surface area contributed by atoms with Crippen LogP contribution in [0, 0.1) is 6.92 Å². The van der Waals surface area contributed by atoms with Gasteiger partial charge in [0.1, 0.15) is 5.69 Å². The van der Waals surface area contributed by atoms with E-state index in [1.165, 1.54) is 6.07 Å². The van der Waals surface area contributed by atoms with Gasteiger partial charge in [0.25, 0.3) is 0 Å². The summed E-state index contributed by atoms with van der Waals surface area (Å²) >= 11 is 0. The van der Waals surface area contributed by atoms with E-state index in [1.807, 2.05) is 19.1 Å². The Morgan fingerprint density at radius 2 is 1.86 bits per heavy atom. The molecule has 1 aromatic carbocycles. The zero-order valence-corrected chi connectivity index (χ0v) is 11.7. The zero-order valence-electron chi connectivity index (χ0n) is 11.7. The van der Waals surface area contributed by atoms with Crippen molar-refractivity contribution in [3.8, 4) is 0 Å². The van der Waals surface area contributed by atoms with Gasteiger partial charge in [-0.1, -0.05) is 17.7 Å². The van der Waals surface area contributed by atoms with Crippen LogP contribution in [0.25, 0.3) is 0 Å². The van der Waals surface area contributed by atoms with Crippen molar-refractivity contribution in [3.63, 3.8) is 0 Å². The lowest BCUT2D eigenvalue weighted by atomic mass is 10.2. The van der Waals surface area contributed by atoms with Crippen LogP contribution < -0.4 is 10.6 Å². The number of rotatable bonds is 3. The third-order valence-electron chi connectivity index (χ3n) is 2.88. The molecule has 0 aliphatic rings. The van der Waals surface area contributed by atoms with Crippen molar-refractivity contribution >= 4 is 11.7 Å². The first-order valence-corrected chi connectivity index (χ1v) is 6.48. The van der Waals surface area contributed by atoms with Gasteiger partial charge in [-0.25, -0.2) is 4.79 Å². The molecule has 7 heteroatoms. The van der Waals surface area contributed by atoms with Crippen LogP contribution in [0.1, 0.15) is 16.8 Å². The van der Waals surface area contributed by atoms with E-state index in [2.05, 4.69) is 15.6 Å². The Hall–Kier alpha value is -2.57. The second-order valence-electron chi connectivity index (χ2n) is 4.72. The molecule has 0 aliphatic carbocycles. The van der Waals surface area contributed by atoms with Gasteiger partial charge in [0.2, 0.25) is 0 Å². The number of nitrogens with zero attached hydrogens (tertiary/aromatic N) is 1. The highest BCUT2D eigenvalue weighted by molar-refractivity contribution is 5.89. The number of nitrogens with one attached hydrogen (secondary N) is 2. The van der Waals surface area contributed by atoms with E-state index in [-0.39, 0.29) is 6.54 Å². The summed E-state index contributed by atoms with van der Waals surface area (Å²) in [5.41, 5.74) is 1.00. The summed E-state index contributed by atoms with van der Waals surface area (Å²) in [5.74, 6) is 0. The van der Waals surface area contributed by atoms with Crippen LogP contribution in [0.4, 0.5) is 23.7 Å². The van der Waals surface area contributed by atoms with E-state index in [0.29, 0.717) is 11.3 Å². The second-order valence-corrected chi connectivity index (χ2v) is 4.72. The van der Waals surface area contributed by atoms with Crippen molar-refractivity contribution in [3.05, 3.63) is 59.4 Å². The standard InChI is InChI=1S/C15H14F3N3O/c1-10-2-4-12(5-3-10)21-14(22)20-9-11-6-7-19-13(8-11)15(16,17)18/h2-8H,9H2,1H3,(H2,20,21,22). The highest BCUT2D eigenvalue weighted by Crippen LogP contribution is 2.27. The predicted molar refractivity (Wildman–Crippen MR) is 76.3 cm³/mol. The van der Waals surface area contributed by atoms with Gasteiger partial charge in [-0.15, -0.1) is 0 Å². The minimum Gasteiger partial charge on any atom is -0.334 e. The molecule has 4 nitrogen and oxygen atoms in total. The molecule has 1 aromatic heterocycles. The van der Waals surface area contributed by atoms with Crippen molar-refractivity contribution in [1.29, 1.82) is 0 Å². The van der Waals surface area contributed by atoms with Gasteiger partial charge in [-0.3, -0.25) is 4.98 Å². The average molecular weight is 309 g/mol. The summed E-state index contributed by atoms with van der Waals surface area (Å²) in [6.45, 7) is 1.90. The molecule has 0 radical (unpaired) electrons. The zero-order chi connectivity index (χ0) is 16.2. The molecule has 0 aliphatic heterocycles. The molecule has 0 atom stereocenters. The quantitative estimate of drug-likeness (QED) is 0.907. The number of urea groups is 1. The van der Waals surface area contributed by atoms with Crippen molar-refractivity contribution in [2.45, 2.75) is 19.6 Å². The Morgan fingerprint density at radius 1 is 1.18 bits per heavy atom. The molecular weight excluding hydrogens is 295 g/mol. The minimum absolute atomic E-state index is 0.0245. The van der Waals surface area contributed by atoms with E-state index in [1.54, 1.807) is 12.1 Å². The molecule has 2 amide bonds. The minimum atomic E-state index is -4.50. The number of benzene rings is 1. The number of aryl methyl sites for hydroxylation is 1. The normalized spacial score (nSPS) is 11.1. The highest BCUT2D eigenvalue weighted by atomic mass is 19.4. The Labute approximate surface area is 125 Å². The van der Waals surface area contributed by atoms with Gasteiger partial charge in [-0.05, 0) is 36.8 Å². The Kier molecular flexibility index (Phi) is 4.65. The van der Waals surface area contributed by atoms with Gasteiger partial charge >= 0.3 is 12.2 Å². The third kappa shape index (κ3) is 4.47. The number of hydrogen-bond donors (Lipinski definition) is 2. The first-order chi connectivity index (χ1) is 10.3. The number of hydrogen-bond acceptors (Lipinski definition) is 2. The van der Waals surface area contributed by atoms with Crippen molar-refractivity contribution < 1.29 is 18.0 Å². The molecule has 0 fully saturated rings. The maximum Gasteiger partial charge on any atom is 0.433 e. The van der Waals surface area contributed by atoms with Gasteiger partial charge in [0.05, 0.1) is 0 Å². The summed E-state index contributed by atoms with van der Waals surface area (Å²) < 4.78 is 37.6. The number of amides is 2. The summed E-state index contributed by atoms with van der Waals surface area (Å²) in [6.07, 6.45) is -3.43. The first kappa shape index (κ1) is 15.8. The van der Waals surface area contributed by atoms with Crippen LogP contribution in [0.2, 0.25) is 0 Å². The SMILES string of the molecule is Cc1ccc(NC(=O)NCc2ccnc(C(F)(F)F)c2)cc1. The Bertz CT molecular complexity index is 654. The predicted octanol–water partition coefficient (Wildman–Crippen LogP) is 3.73. The van der Waals surface area contributed by atoms with Crippen LogP contribution in [-0.2, 0) is 12.7 Å². The second kappa shape index (κ2) is 6.46. The molecular formula is C15H14F3N3O. The molecule has 0 bridgehead atoms. The molecule has 0 spiro atoms. The molecule has 2 rings (SSSR count). The van der Waals surface area contributed by atoms with Gasteiger partial charge in [0.15, 0.2) is 0 Å². The van der Waals surface area contributed by atoms with E-state index in [9.17, 15) is 18.0 Å². The van der Waals surface area contributed by atoms with E-state index in [4.69, 9.17) is 0 Å². The van der Waals surface area contributed by atoms with Crippen LogP contribution in [0.3, 0.4) is 0 Å². The fourth-order valence-corrected chi connectivity index (χ4v) is 1.73.